The molecule has 0 atom stereocenters. The minimum Gasteiger partial charge on any atom is -0.482 e. The van der Waals surface area contributed by atoms with Crippen molar-refractivity contribution in [2.24, 2.45) is 0 Å². The van der Waals surface area contributed by atoms with E-state index in [4.69, 9.17) is 33.2 Å². The van der Waals surface area contributed by atoms with Crippen LogP contribution in [-0.4, -0.2) is 17.4 Å². The van der Waals surface area contributed by atoms with E-state index in [0.717, 1.165) is 6.07 Å². The van der Waals surface area contributed by atoms with Crippen molar-refractivity contribution in [2.75, 3.05) is 11.9 Å². The smallest absolute Gasteiger partial charge is 0.270 e. The van der Waals surface area contributed by atoms with Gasteiger partial charge < -0.3 is 10.1 Å². The maximum atomic E-state index is 11.9. The van der Waals surface area contributed by atoms with Gasteiger partial charge in [0.25, 0.3) is 11.6 Å². The molecule has 0 radical (unpaired) electrons. The highest BCUT2D eigenvalue weighted by Gasteiger charge is 2.13. The Bertz CT molecular complexity index is 849. The third kappa shape index (κ3) is 4.35. The van der Waals surface area contributed by atoms with E-state index in [-0.39, 0.29) is 29.3 Å². The Morgan fingerprint density at radius 2 is 2.04 bits per heavy atom. The summed E-state index contributed by atoms with van der Waals surface area (Å²) < 4.78 is 5.27. The molecule has 0 bridgehead atoms. The molecule has 24 heavy (non-hydrogen) atoms. The van der Waals surface area contributed by atoms with E-state index in [1.165, 1.54) is 24.3 Å². The van der Waals surface area contributed by atoms with Crippen LogP contribution >= 0.6 is 23.2 Å². The van der Waals surface area contributed by atoms with Gasteiger partial charge in [-0.25, -0.2) is 0 Å². The number of nitrogens with zero attached hydrogens (tertiary/aromatic N) is 2. The molecule has 9 heteroatoms. The number of hydrogen-bond acceptors (Lipinski definition) is 5. The molecule has 2 aromatic rings. The van der Waals surface area contributed by atoms with Gasteiger partial charge in [-0.1, -0.05) is 23.2 Å². The first-order valence-corrected chi connectivity index (χ1v) is 7.22. The number of nitro benzene ring substituents is 1. The molecule has 0 aliphatic carbocycles. The third-order valence-corrected chi connectivity index (χ3v) is 3.41. The van der Waals surface area contributed by atoms with Crippen LogP contribution in [0.3, 0.4) is 0 Å². The number of hydrogen-bond donors (Lipinski definition) is 1. The first-order chi connectivity index (χ1) is 11.4. The quantitative estimate of drug-likeness (QED) is 0.640. The van der Waals surface area contributed by atoms with Gasteiger partial charge in [-0.3, -0.25) is 14.9 Å². The average molecular weight is 366 g/mol. The Morgan fingerprint density at radius 3 is 2.71 bits per heavy atom. The molecule has 0 saturated carbocycles. The zero-order valence-electron chi connectivity index (χ0n) is 12.0. The summed E-state index contributed by atoms with van der Waals surface area (Å²) in [4.78, 5) is 22.0. The summed E-state index contributed by atoms with van der Waals surface area (Å²) in [5, 5.41) is 22.9. The summed E-state index contributed by atoms with van der Waals surface area (Å²) in [6.07, 6.45) is 0. The predicted molar refractivity (Wildman–Crippen MR) is 88.4 cm³/mol. The number of rotatable bonds is 5. The van der Waals surface area contributed by atoms with Crippen LogP contribution in [0.4, 0.5) is 11.4 Å². The number of nitrogens with one attached hydrogen (secondary N) is 1. The van der Waals surface area contributed by atoms with Crippen molar-refractivity contribution < 1.29 is 14.5 Å². The Morgan fingerprint density at radius 1 is 1.29 bits per heavy atom. The van der Waals surface area contributed by atoms with E-state index in [1.807, 2.05) is 0 Å². The largest absolute Gasteiger partial charge is 0.482 e. The lowest BCUT2D eigenvalue weighted by atomic mass is 10.1. The van der Waals surface area contributed by atoms with Crippen LogP contribution < -0.4 is 10.1 Å². The molecular weight excluding hydrogens is 357 g/mol. The molecule has 0 aliphatic rings. The number of anilines is 1. The van der Waals surface area contributed by atoms with E-state index in [9.17, 15) is 14.9 Å². The SMILES string of the molecule is N#Cc1cc([N+](=O)[O-])ccc1NC(=O)COc1cc(Cl)ccc1Cl. The number of carbonyl (C=O) groups is 1. The van der Waals surface area contributed by atoms with Gasteiger partial charge in [0.2, 0.25) is 0 Å². The molecule has 2 aromatic carbocycles. The second kappa shape index (κ2) is 7.64. The summed E-state index contributed by atoms with van der Waals surface area (Å²) in [6, 6.07) is 9.89. The lowest BCUT2D eigenvalue weighted by molar-refractivity contribution is -0.384. The van der Waals surface area contributed by atoms with Gasteiger partial charge in [0.15, 0.2) is 6.61 Å². The van der Waals surface area contributed by atoms with Crippen LogP contribution in [0.15, 0.2) is 36.4 Å². The Balaban J connectivity index is 2.06. The zero-order valence-corrected chi connectivity index (χ0v) is 13.5. The highest BCUT2D eigenvalue weighted by molar-refractivity contribution is 6.34. The van der Waals surface area contributed by atoms with E-state index < -0.39 is 10.8 Å². The molecule has 0 spiro atoms. The highest BCUT2D eigenvalue weighted by Crippen LogP contribution is 2.27. The van der Waals surface area contributed by atoms with Crippen LogP contribution in [0, 0.1) is 21.4 Å². The molecule has 0 unspecified atom stereocenters. The molecule has 0 heterocycles. The minimum atomic E-state index is -0.628. The van der Waals surface area contributed by atoms with Crippen LogP contribution in [0.2, 0.25) is 10.0 Å². The Hall–Kier alpha value is -2.82. The summed E-state index contributed by atoms with van der Waals surface area (Å²) in [6.45, 7) is -0.373. The minimum absolute atomic E-state index is 0.0293. The predicted octanol–water partition coefficient (Wildman–Crippen LogP) is 3.79. The lowest BCUT2D eigenvalue weighted by Crippen LogP contribution is -2.20. The van der Waals surface area contributed by atoms with E-state index in [2.05, 4.69) is 5.32 Å². The molecular formula is C15H9Cl2N3O4. The van der Waals surface area contributed by atoms with Crippen molar-refractivity contribution in [3.8, 4) is 11.8 Å². The average Bonchev–Trinajstić information content (AvgIpc) is 2.55. The number of amides is 1. The number of nitro groups is 1. The maximum absolute atomic E-state index is 11.9. The normalized spacial score (nSPS) is 9.88. The highest BCUT2D eigenvalue weighted by atomic mass is 35.5. The number of benzene rings is 2. The number of non-ortho nitro benzene ring substituents is 1. The molecule has 0 fully saturated rings. The standard InChI is InChI=1S/C15H9Cl2N3O4/c16-10-1-3-12(17)14(6-10)24-8-15(21)19-13-4-2-11(20(22)23)5-9(13)7-18/h1-6H,8H2,(H,19,21). The van der Waals surface area contributed by atoms with Crippen molar-refractivity contribution in [2.45, 2.75) is 0 Å². The monoisotopic (exact) mass is 365 g/mol. The van der Waals surface area contributed by atoms with Crippen LogP contribution in [0.1, 0.15) is 5.56 Å². The van der Waals surface area contributed by atoms with Gasteiger partial charge in [0.1, 0.15) is 11.8 Å². The maximum Gasteiger partial charge on any atom is 0.270 e. The third-order valence-electron chi connectivity index (χ3n) is 2.86. The fourth-order valence-electron chi connectivity index (χ4n) is 1.76. The fraction of sp³-hybridized carbons (Fsp3) is 0.0667. The molecule has 2 rings (SSSR count). The number of ether oxygens (including phenoxy) is 1. The van der Waals surface area contributed by atoms with Gasteiger partial charge in [0, 0.05) is 23.2 Å². The second-order valence-electron chi connectivity index (χ2n) is 4.51. The topological polar surface area (TPSA) is 105 Å². The summed E-state index contributed by atoms with van der Waals surface area (Å²) >= 11 is 11.7. The summed E-state index contributed by atoms with van der Waals surface area (Å²) in [5.41, 5.74) is -0.126. The van der Waals surface area contributed by atoms with Crippen LogP contribution in [0.25, 0.3) is 0 Å². The van der Waals surface area contributed by atoms with Gasteiger partial charge in [-0.05, 0) is 18.2 Å². The number of nitriles is 1. The molecule has 7 nitrogen and oxygen atoms in total. The first kappa shape index (κ1) is 17.5. The van der Waals surface area contributed by atoms with Crippen molar-refractivity contribution in [3.05, 3.63) is 62.1 Å². The van der Waals surface area contributed by atoms with Gasteiger partial charge in [-0.2, -0.15) is 5.26 Å². The van der Waals surface area contributed by atoms with Crippen molar-refractivity contribution >= 4 is 40.5 Å². The lowest BCUT2D eigenvalue weighted by Gasteiger charge is -2.10. The van der Waals surface area contributed by atoms with Gasteiger partial charge in [-0.15, -0.1) is 0 Å². The molecule has 1 amide bonds. The summed E-state index contributed by atoms with van der Waals surface area (Å²) in [5.74, 6) is -0.320. The van der Waals surface area contributed by atoms with E-state index >= 15 is 0 Å². The zero-order chi connectivity index (χ0) is 17.7. The fourth-order valence-corrected chi connectivity index (χ4v) is 2.10. The van der Waals surface area contributed by atoms with Crippen molar-refractivity contribution in [3.63, 3.8) is 0 Å². The second-order valence-corrected chi connectivity index (χ2v) is 5.35. The molecule has 122 valence electrons. The van der Waals surface area contributed by atoms with Gasteiger partial charge in [0.05, 0.1) is 21.2 Å². The van der Waals surface area contributed by atoms with Crippen molar-refractivity contribution in [1.29, 1.82) is 5.26 Å². The van der Waals surface area contributed by atoms with Crippen LogP contribution in [-0.2, 0) is 4.79 Å². The van der Waals surface area contributed by atoms with E-state index in [1.54, 1.807) is 12.1 Å². The van der Waals surface area contributed by atoms with Crippen LogP contribution in [0.5, 0.6) is 5.75 Å². The summed E-state index contributed by atoms with van der Waals surface area (Å²) in [7, 11) is 0. The van der Waals surface area contributed by atoms with Gasteiger partial charge >= 0.3 is 0 Å². The molecule has 0 saturated heterocycles. The number of carbonyl (C=O) groups excluding carboxylic acids is 1. The Kier molecular flexibility index (Phi) is 5.58. The van der Waals surface area contributed by atoms with E-state index in [0.29, 0.717) is 10.0 Å². The Labute approximate surface area is 146 Å². The molecule has 0 aromatic heterocycles. The molecule has 1 N–H and O–H groups in total. The van der Waals surface area contributed by atoms with Crippen molar-refractivity contribution in [1.82, 2.24) is 0 Å². The number of halogens is 2. The first-order valence-electron chi connectivity index (χ1n) is 6.47. The molecule has 0 aliphatic heterocycles.